The molecule has 0 radical (unpaired) electrons. The van der Waals surface area contributed by atoms with E-state index in [1.54, 1.807) is 0 Å². The smallest absolute Gasteiger partial charge is 0.406 e. The number of alkyl halides is 3. The molecule has 12 heteroatoms. The molecule has 2 fully saturated rings. The van der Waals surface area contributed by atoms with Crippen LogP contribution in [-0.2, 0) is 6.42 Å². The average molecular weight is 544 g/mol. The number of anilines is 1. The van der Waals surface area contributed by atoms with Crippen LogP contribution in [0.5, 0.6) is 5.75 Å². The Bertz CT molecular complexity index is 1460. The Morgan fingerprint density at radius 3 is 2.77 bits per heavy atom. The summed E-state index contributed by atoms with van der Waals surface area (Å²) in [5.74, 6) is 1.96. The third kappa shape index (κ3) is 5.40. The molecule has 0 saturated heterocycles. The summed E-state index contributed by atoms with van der Waals surface area (Å²) in [6.07, 6.45) is 3.86. The van der Waals surface area contributed by atoms with Crippen LogP contribution in [-0.4, -0.2) is 66.6 Å². The van der Waals surface area contributed by atoms with Crippen molar-refractivity contribution in [1.82, 2.24) is 29.4 Å². The number of ether oxygens (including phenoxy) is 1. The Morgan fingerprint density at radius 1 is 1.15 bits per heavy atom. The van der Waals surface area contributed by atoms with Gasteiger partial charge < -0.3 is 30.0 Å². The van der Waals surface area contributed by atoms with Gasteiger partial charge in [-0.25, -0.2) is 15.0 Å². The zero-order valence-electron chi connectivity index (χ0n) is 21.6. The van der Waals surface area contributed by atoms with Gasteiger partial charge in [-0.2, -0.15) is 0 Å². The zero-order valence-corrected chi connectivity index (χ0v) is 21.6. The quantitative estimate of drug-likeness (QED) is 0.301. The number of aryl methyl sites for hydroxylation is 1. The number of H-pyrrole nitrogens is 1. The minimum atomic E-state index is -4.72. The van der Waals surface area contributed by atoms with E-state index in [1.807, 2.05) is 16.8 Å². The summed E-state index contributed by atoms with van der Waals surface area (Å²) >= 11 is 0. The van der Waals surface area contributed by atoms with Crippen molar-refractivity contribution in [2.45, 2.75) is 63.1 Å². The number of nitrogens with zero attached hydrogens (tertiary/aromatic N) is 5. The van der Waals surface area contributed by atoms with Gasteiger partial charge in [-0.3, -0.25) is 0 Å². The molecule has 4 N–H and O–H groups in total. The van der Waals surface area contributed by atoms with Crippen LogP contribution in [0.15, 0.2) is 36.8 Å². The molecule has 1 aromatic carbocycles. The molecule has 4 aromatic rings. The highest BCUT2D eigenvalue weighted by atomic mass is 19.4. The second kappa shape index (κ2) is 9.98. The molecule has 0 aliphatic heterocycles. The maximum Gasteiger partial charge on any atom is 0.573 e. The van der Waals surface area contributed by atoms with E-state index in [2.05, 4.69) is 36.6 Å². The molecule has 3 aromatic heterocycles. The molecule has 6 rings (SSSR count). The minimum absolute atomic E-state index is 0.0238. The van der Waals surface area contributed by atoms with E-state index in [1.165, 1.54) is 24.5 Å². The zero-order chi connectivity index (χ0) is 27.3. The van der Waals surface area contributed by atoms with Crippen LogP contribution in [0.3, 0.4) is 0 Å². The molecule has 0 spiro atoms. The SMILES string of the molecule is CN(C[C@@H]1C[C@@H](O)[C@H](n2ccc3c(N)ncnc32)C1)C1CC(CCc2nc3ccc(OC(F)(F)F)cc3[nH]2)C1. The molecular weight excluding hydrogens is 511 g/mol. The van der Waals surface area contributed by atoms with Crippen molar-refractivity contribution in [1.29, 1.82) is 0 Å². The first-order valence-electron chi connectivity index (χ1n) is 13.3. The van der Waals surface area contributed by atoms with Crippen LogP contribution < -0.4 is 10.5 Å². The number of rotatable bonds is 8. The molecule has 3 atom stereocenters. The number of fused-ring (bicyclic) bond motifs is 2. The van der Waals surface area contributed by atoms with Crippen LogP contribution in [0.2, 0.25) is 0 Å². The second-order valence-electron chi connectivity index (χ2n) is 11.1. The van der Waals surface area contributed by atoms with Crippen LogP contribution in [0.1, 0.15) is 44.0 Å². The normalized spacial score (nSPS) is 25.5. The molecule has 0 unspecified atom stereocenters. The van der Waals surface area contributed by atoms with E-state index in [-0.39, 0.29) is 11.8 Å². The fourth-order valence-corrected chi connectivity index (χ4v) is 6.35. The van der Waals surface area contributed by atoms with E-state index in [0.29, 0.717) is 34.7 Å². The van der Waals surface area contributed by atoms with Crippen molar-refractivity contribution >= 4 is 27.9 Å². The van der Waals surface area contributed by atoms with Crippen molar-refractivity contribution in [2.75, 3.05) is 19.3 Å². The lowest BCUT2D eigenvalue weighted by atomic mass is 9.76. The Balaban J connectivity index is 0.978. The number of aliphatic hydroxyl groups excluding tert-OH is 1. The summed E-state index contributed by atoms with van der Waals surface area (Å²) in [5, 5.41) is 11.7. The number of hydrogen-bond donors (Lipinski definition) is 3. The van der Waals surface area contributed by atoms with Crippen molar-refractivity contribution in [3.8, 4) is 5.75 Å². The number of nitrogens with two attached hydrogens (primary N) is 1. The van der Waals surface area contributed by atoms with E-state index < -0.39 is 12.5 Å². The van der Waals surface area contributed by atoms with Crippen molar-refractivity contribution < 1.29 is 23.0 Å². The molecule has 2 aliphatic rings. The summed E-state index contributed by atoms with van der Waals surface area (Å²) in [6, 6.07) is 6.56. The fraction of sp³-hybridized carbons (Fsp3) is 0.519. The summed E-state index contributed by atoms with van der Waals surface area (Å²) in [7, 11) is 2.17. The molecule has 39 heavy (non-hydrogen) atoms. The molecular formula is C27H32F3N7O2. The number of imidazole rings is 1. The van der Waals surface area contributed by atoms with Gasteiger partial charge in [0.2, 0.25) is 0 Å². The van der Waals surface area contributed by atoms with Crippen molar-refractivity contribution in [2.24, 2.45) is 11.8 Å². The number of nitrogens with one attached hydrogen (secondary N) is 1. The van der Waals surface area contributed by atoms with E-state index in [4.69, 9.17) is 5.73 Å². The van der Waals surface area contributed by atoms with Gasteiger partial charge in [0.1, 0.15) is 29.4 Å². The third-order valence-electron chi connectivity index (χ3n) is 8.40. The number of nitrogen functional groups attached to an aromatic ring is 1. The molecule has 0 bridgehead atoms. The predicted octanol–water partition coefficient (Wildman–Crippen LogP) is 4.44. The highest BCUT2D eigenvalue weighted by Crippen LogP contribution is 2.40. The number of aromatic nitrogens is 5. The van der Waals surface area contributed by atoms with Crippen LogP contribution in [0.4, 0.5) is 19.0 Å². The summed E-state index contributed by atoms with van der Waals surface area (Å²) in [6.45, 7) is 0.938. The molecule has 208 valence electrons. The van der Waals surface area contributed by atoms with Gasteiger partial charge >= 0.3 is 6.36 Å². The van der Waals surface area contributed by atoms with Crippen molar-refractivity contribution in [3.63, 3.8) is 0 Å². The van der Waals surface area contributed by atoms with Gasteiger partial charge in [-0.15, -0.1) is 13.2 Å². The lowest BCUT2D eigenvalue weighted by Gasteiger charge is -2.42. The Kier molecular flexibility index (Phi) is 6.62. The highest BCUT2D eigenvalue weighted by Gasteiger charge is 2.38. The average Bonchev–Trinajstić information content (AvgIpc) is 3.53. The molecule has 3 heterocycles. The Labute approximate surface area is 223 Å². The largest absolute Gasteiger partial charge is 0.573 e. The highest BCUT2D eigenvalue weighted by molar-refractivity contribution is 5.86. The van der Waals surface area contributed by atoms with Gasteiger partial charge in [-0.1, -0.05) is 0 Å². The van der Waals surface area contributed by atoms with Crippen LogP contribution in [0, 0.1) is 11.8 Å². The number of benzene rings is 1. The molecule has 0 amide bonds. The lowest BCUT2D eigenvalue weighted by Crippen LogP contribution is -2.44. The first kappa shape index (κ1) is 25.9. The van der Waals surface area contributed by atoms with Gasteiger partial charge in [0.15, 0.2) is 0 Å². The van der Waals surface area contributed by atoms with E-state index in [9.17, 15) is 18.3 Å². The van der Waals surface area contributed by atoms with E-state index >= 15 is 0 Å². The first-order chi connectivity index (χ1) is 18.6. The second-order valence-corrected chi connectivity index (χ2v) is 11.1. The fourth-order valence-electron chi connectivity index (χ4n) is 6.35. The summed E-state index contributed by atoms with van der Waals surface area (Å²) < 4.78 is 43.5. The van der Waals surface area contributed by atoms with Gasteiger partial charge in [-0.05, 0) is 69.2 Å². The minimum Gasteiger partial charge on any atom is -0.406 e. The number of aliphatic hydroxyl groups is 1. The first-order valence-corrected chi connectivity index (χ1v) is 13.3. The van der Waals surface area contributed by atoms with Crippen molar-refractivity contribution in [3.05, 3.63) is 42.6 Å². The van der Waals surface area contributed by atoms with Gasteiger partial charge in [0, 0.05) is 31.3 Å². The lowest BCUT2D eigenvalue weighted by molar-refractivity contribution is -0.274. The number of aromatic amines is 1. The van der Waals surface area contributed by atoms with Crippen LogP contribution in [0.25, 0.3) is 22.1 Å². The molecule has 9 nitrogen and oxygen atoms in total. The Hall–Kier alpha value is -3.38. The maximum atomic E-state index is 12.5. The van der Waals surface area contributed by atoms with Gasteiger partial charge in [0.25, 0.3) is 0 Å². The standard InChI is InChI=1S/C27H32F3N7O2/c1-36(13-16-10-22(23(38)11-16)37-7-6-19-25(31)32-14-33-26(19)37)17-8-15(9-17)2-5-24-34-20-4-3-18(12-21(20)35-24)39-27(28,29)30/h3-4,6-7,12,14-17,22-23,38H,2,5,8-11,13H2,1H3,(H,34,35)(H2,31,32,33)/t15?,16-,17?,22+,23+/m0/s1. The Morgan fingerprint density at radius 2 is 1.97 bits per heavy atom. The topological polar surface area (TPSA) is 118 Å². The summed E-state index contributed by atoms with van der Waals surface area (Å²) in [5.41, 5.74) is 7.92. The van der Waals surface area contributed by atoms with E-state index in [0.717, 1.165) is 61.9 Å². The summed E-state index contributed by atoms with van der Waals surface area (Å²) in [4.78, 5) is 18.5. The third-order valence-corrected chi connectivity index (χ3v) is 8.40. The number of halogens is 3. The predicted molar refractivity (Wildman–Crippen MR) is 140 cm³/mol. The monoisotopic (exact) mass is 543 g/mol. The van der Waals surface area contributed by atoms with Gasteiger partial charge in [0.05, 0.1) is 28.6 Å². The number of hydrogen-bond acceptors (Lipinski definition) is 7. The maximum absolute atomic E-state index is 12.5. The molecule has 2 aliphatic carbocycles. The molecule has 2 saturated carbocycles. The van der Waals surface area contributed by atoms with Crippen LogP contribution >= 0.6 is 0 Å².